The molecule has 6 nitrogen and oxygen atoms in total. The maximum absolute atomic E-state index is 12.7. The number of anilines is 1. The molecule has 0 bridgehead atoms. The van der Waals surface area contributed by atoms with Crippen molar-refractivity contribution in [3.8, 4) is 11.3 Å². The van der Waals surface area contributed by atoms with Crippen LogP contribution >= 0.6 is 0 Å². The highest BCUT2D eigenvalue weighted by Crippen LogP contribution is 2.27. The van der Waals surface area contributed by atoms with Gasteiger partial charge in [-0.3, -0.25) is 9.78 Å². The van der Waals surface area contributed by atoms with E-state index in [1.807, 2.05) is 18.2 Å². The number of likely N-dealkylation sites (tertiary alicyclic amines) is 1. The number of rotatable bonds is 5. The summed E-state index contributed by atoms with van der Waals surface area (Å²) >= 11 is 0. The van der Waals surface area contributed by atoms with Crippen LogP contribution in [-0.4, -0.2) is 40.1 Å². The summed E-state index contributed by atoms with van der Waals surface area (Å²) in [5, 5.41) is 13.0. The highest BCUT2D eigenvalue weighted by Gasteiger charge is 2.23. The first-order valence-corrected chi connectivity index (χ1v) is 11.2. The van der Waals surface area contributed by atoms with Crippen LogP contribution in [0.2, 0.25) is 0 Å². The van der Waals surface area contributed by atoms with Gasteiger partial charge in [-0.2, -0.15) is 0 Å². The molecule has 2 aromatic heterocycles. The minimum absolute atomic E-state index is 0.0976. The lowest BCUT2D eigenvalue weighted by atomic mass is 9.86. The molecule has 0 spiro atoms. The highest BCUT2D eigenvalue weighted by molar-refractivity contribution is 5.93. The summed E-state index contributed by atoms with van der Waals surface area (Å²) in [5.74, 6) is 1.55. The molecule has 0 radical (unpaired) electrons. The zero-order valence-corrected chi connectivity index (χ0v) is 19.0. The number of aromatic nitrogens is 1. The number of benzene rings is 1. The Morgan fingerprint density at radius 3 is 2.53 bits per heavy atom. The van der Waals surface area contributed by atoms with E-state index in [9.17, 15) is 9.90 Å². The van der Waals surface area contributed by atoms with Gasteiger partial charge in [-0.15, -0.1) is 0 Å². The van der Waals surface area contributed by atoms with Crippen LogP contribution in [0.15, 0.2) is 59.1 Å². The van der Waals surface area contributed by atoms with Gasteiger partial charge in [0.15, 0.2) is 0 Å². The molecule has 1 amide bonds. The Morgan fingerprint density at radius 1 is 1.12 bits per heavy atom. The maximum atomic E-state index is 12.7. The fraction of sp³-hybridized carbons (Fsp3) is 0.385. The van der Waals surface area contributed by atoms with Crippen LogP contribution < -0.4 is 5.32 Å². The van der Waals surface area contributed by atoms with E-state index in [0.717, 1.165) is 22.8 Å². The molecule has 6 heteroatoms. The molecule has 1 aliphatic heterocycles. The third-order valence-electron chi connectivity index (χ3n) is 5.89. The first kappa shape index (κ1) is 22.1. The number of furan rings is 1. The molecule has 1 fully saturated rings. The predicted octanol–water partition coefficient (Wildman–Crippen LogP) is 4.85. The van der Waals surface area contributed by atoms with Crippen LogP contribution in [0.4, 0.5) is 5.69 Å². The SMILES string of the molecule is CC(C)(C)c1ccc(-c2ccc(CNc3ccnc(C(=O)N4CCC(O)CC4)c3)o2)cc1. The van der Waals surface area contributed by atoms with Gasteiger partial charge >= 0.3 is 0 Å². The summed E-state index contributed by atoms with van der Waals surface area (Å²) in [4.78, 5) is 18.7. The van der Waals surface area contributed by atoms with Gasteiger partial charge in [0.1, 0.15) is 17.2 Å². The van der Waals surface area contributed by atoms with Crippen LogP contribution in [0.25, 0.3) is 11.3 Å². The van der Waals surface area contributed by atoms with Crippen molar-refractivity contribution in [3.63, 3.8) is 0 Å². The second-order valence-electron chi connectivity index (χ2n) is 9.40. The quantitative estimate of drug-likeness (QED) is 0.601. The van der Waals surface area contributed by atoms with Gasteiger partial charge in [-0.25, -0.2) is 0 Å². The minimum atomic E-state index is -0.311. The average Bonchev–Trinajstić information content (AvgIpc) is 3.27. The molecule has 0 saturated carbocycles. The molecule has 168 valence electrons. The summed E-state index contributed by atoms with van der Waals surface area (Å²) in [5.41, 5.74) is 3.68. The van der Waals surface area contributed by atoms with Gasteiger partial charge < -0.3 is 19.7 Å². The Bertz CT molecular complexity index is 1060. The third-order valence-corrected chi connectivity index (χ3v) is 5.89. The molecular weight excluding hydrogens is 402 g/mol. The lowest BCUT2D eigenvalue weighted by Crippen LogP contribution is -2.40. The fourth-order valence-corrected chi connectivity index (χ4v) is 3.84. The number of carbonyl (C=O) groups excluding carboxylic acids is 1. The molecule has 1 aromatic carbocycles. The Labute approximate surface area is 189 Å². The van der Waals surface area contributed by atoms with E-state index >= 15 is 0 Å². The van der Waals surface area contributed by atoms with Crippen molar-refractivity contribution in [3.05, 3.63) is 71.7 Å². The summed E-state index contributed by atoms with van der Waals surface area (Å²) in [6.45, 7) is 8.24. The highest BCUT2D eigenvalue weighted by atomic mass is 16.3. The number of aliphatic hydroxyl groups excluding tert-OH is 1. The second-order valence-corrected chi connectivity index (χ2v) is 9.40. The van der Waals surface area contributed by atoms with Crippen molar-refractivity contribution in [1.29, 1.82) is 0 Å². The number of pyridine rings is 1. The van der Waals surface area contributed by atoms with Crippen molar-refractivity contribution < 1.29 is 14.3 Å². The number of aliphatic hydroxyl groups is 1. The zero-order valence-electron chi connectivity index (χ0n) is 19.0. The number of nitrogens with one attached hydrogen (secondary N) is 1. The molecule has 1 saturated heterocycles. The molecule has 0 aliphatic carbocycles. The molecule has 1 aliphatic rings. The number of hydrogen-bond donors (Lipinski definition) is 2. The van der Waals surface area contributed by atoms with Crippen LogP contribution in [0.5, 0.6) is 0 Å². The van der Waals surface area contributed by atoms with E-state index in [1.54, 1.807) is 17.2 Å². The first-order chi connectivity index (χ1) is 15.3. The zero-order chi connectivity index (χ0) is 22.7. The smallest absolute Gasteiger partial charge is 0.272 e. The number of nitrogens with zero attached hydrogens (tertiary/aromatic N) is 2. The van der Waals surface area contributed by atoms with E-state index in [2.05, 4.69) is 55.3 Å². The number of amides is 1. The van der Waals surface area contributed by atoms with E-state index < -0.39 is 0 Å². The first-order valence-electron chi connectivity index (χ1n) is 11.2. The lowest BCUT2D eigenvalue weighted by molar-refractivity contribution is 0.0541. The molecule has 0 unspecified atom stereocenters. The standard InChI is InChI=1S/C26H31N3O3/c1-26(2,3)19-6-4-18(5-7-19)24-9-8-22(32-24)17-28-20-10-13-27-23(16-20)25(31)29-14-11-21(30)12-15-29/h4-10,13,16,21,30H,11-12,14-15,17H2,1-3H3,(H,27,28). The van der Waals surface area contributed by atoms with Crippen molar-refractivity contribution >= 4 is 11.6 Å². The minimum Gasteiger partial charge on any atom is -0.459 e. The van der Waals surface area contributed by atoms with Gasteiger partial charge in [0.25, 0.3) is 5.91 Å². The predicted molar refractivity (Wildman–Crippen MR) is 126 cm³/mol. The van der Waals surface area contributed by atoms with Crippen LogP contribution in [0.1, 0.15) is 55.4 Å². The Morgan fingerprint density at radius 2 is 1.84 bits per heavy atom. The van der Waals surface area contributed by atoms with Crippen LogP contribution in [0.3, 0.4) is 0 Å². The fourth-order valence-electron chi connectivity index (χ4n) is 3.84. The average molecular weight is 434 g/mol. The number of piperidine rings is 1. The Kier molecular flexibility index (Phi) is 6.33. The molecule has 3 heterocycles. The second kappa shape index (κ2) is 9.17. The molecule has 2 N–H and O–H groups in total. The number of carbonyl (C=O) groups is 1. The Balaban J connectivity index is 1.38. The Hall–Kier alpha value is -3.12. The number of hydrogen-bond acceptors (Lipinski definition) is 5. The summed E-state index contributed by atoms with van der Waals surface area (Å²) < 4.78 is 6.02. The van der Waals surface area contributed by atoms with Crippen molar-refractivity contribution in [2.45, 2.75) is 51.7 Å². The maximum Gasteiger partial charge on any atom is 0.272 e. The van der Waals surface area contributed by atoms with Gasteiger partial charge in [-0.05, 0) is 48.1 Å². The van der Waals surface area contributed by atoms with Crippen molar-refractivity contribution in [2.24, 2.45) is 0 Å². The van der Waals surface area contributed by atoms with Gasteiger partial charge in [0.05, 0.1) is 12.6 Å². The lowest BCUT2D eigenvalue weighted by Gasteiger charge is -2.29. The van der Waals surface area contributed by atoms with Gasteiger partial charge in [0, 0.05) is 30.5 Å². The van der Waals surface area contributed by atoms with Crippen molar-refractivity contribution in [2.75, 3.05) is 18.4 Å². The van der Waals surface area contributed by atoms with Crippen LogP contribution in [0, 0.1) is 0 Å². The van der Waals surface area contributed by atoms with E-state index in [4.69, 9.17) is 4.42 Å². The molecule has 32 heavy (non-hydrogen) atoms. The van der Waals surface area contributed by atoms with E-state index in [0.29, 0.717) is 38.2 Å². The molecular formula is C26H31N3O3. The third kappa shape index (κ3) is 5.19. The summed E-state index contributed by atoms with van der Waals surface area (Å²) in [6, 6.07) is 16.0. The van der Waals surface area contributed by atoms with Gasteiger partial charge in [-0.1, -0.05) is 45.0 Å². The van der Waals surface area contributed by atoms with Crippen molar-refractivity contribution in [1.82, 2.24) is 9.88 Å². The molecule has 4 rings (SSSR count). The largest absolute Gasteiger partial charge is 0.459 e. The van der Waals surface area contributed by atoms with E-state index in [1.165, 1.54) is 5.56 Å². The summed E-state index contributed by atoms with van der Waals surface area (Å²) in [7, 11) is 0. The topological polar surface area (TPSA) is 78.6 Å². The normalized spacial score (nSPS) is 15.1. The van der Waals surface area contributed by atoms with Gasteiger partial charge in [0.2, 0.25) is 0 Å². The molecule has 0 atom stereocenters. The van der Waals surface area contributed by atoms with Crippen LogP contribution in [-0.2, 0) is 12.0 Å². The monoisotopic (exact) mass is 433 g/mol. The summed E-state index contributed by atoms with van der Waals surface area (Å²) in [6.07, 6.45) is 2.56. The van der Waals surface area contributed by atoms with E-state index in [-0.39, 0.29) is 17.4 Å². The molecule has 3 aromatic rings.